The standard InChI is InChI=1S/C12H18N2O3/c1-14-10-4-3-8(12(15)16)7-9(10)13-11(14)5-6-17-2/h8H,3-7H2,1-2H3,(H,15,16). The number of methoxy groups -OCH3 is 1. The molecule has 0 bridgehead atoms. The molecule has 5 nitrogen and oxygen atoms in total. The first-order valence-corrected chi connectivity index (χ1v) is 5.88. The van der Waals surface area contributed by atoms with Crippen LogP contribution in [0.5, 0.6) is 0 Å². The number of carbonyl (C=O) groups is 1. The van der Waals surface area contributed by atoms with Gasteiger partial charge in [-0.05, 0) is 12.8 Å². The first-order chi connectivity index (χ1) is 8.13. The largest absolute Gasteiger partial charge is 0.481 e. The van der Waals surface area contributed by atoms with Gasteiger partial charge in [0.05, 0.1) is 18.2 Å². The summed E-state index contributed by atoms with van der Waals surface area (Å²) in [5.74, 6) is 0.00954. The second-order valence-corrected chi connectivity index (χ2v) is 4.50. The molecule has 1 unspecified atom stereocenters. The maximum Gasteiger partial charge on any atom is 0.306 e. The van der Waals surface area contributed by atoms with E-state index in [0.717, 1.165) is 24.4 Å². The van der Waals surface area contributed by atoms with Crippen LogP contribution in [0.2, 0.25) is 0 Å². The predicted octanol–water partition coefficient (Wildman–Crippen LogP) is 0.798. The Morgan fingerprint density at radius 3 is 3.06 bits per heavy atom. The van der Waals surface area contributed by atoms with Crippen molar-refractivity contribution in [3.8, 4) is 0 Å². The van der Waals surface area contributed by atoms with Crippen LogP contribution in [0.25, 0.3) is 0 Å². The van der Waals surface area contributed by atoms with Crippen molar-refractivity contribution in [1.29, 1.82) is 0 Å². The lowest BCUT2D eigenvalue weighted by Crippen LogP contribution is -2.22. The minimum Gasteiger partial charge on any atom is -0.481 e. The Kier molecular flexibility index (Phi) is 3.47. The Balaban J connectivity index is 2.19. The fraction of sp³-hybridized carbons (Fsp3) is 0.667. The molecule has 1 aliphatic rings. The van der Waals surface area contributed by atoms with Gasteiger partial charge in [0.25, 0.3) is 0 Å². The molecule has 17 heavy (non-hydrogen) atoms. The van der Waals surface area contributed by atoms with Gasteiger partial charge in [0.1, 0.15) is 5.82 Å². The second-order valence-electron chi connectivity index (χ2n) is 4.50. The van der Waals surface area contributed by atoms with Gasteiger partial charge in [-0.1, -0.05) is 0 Å². The van der Waals surface area contributed by atoms with Crippen LogP contribution in [0.1, 0.15) is 23.6 Å². The fourth-order valence-electron chi connectivity index (χ4n) is 2.39. The van der Waals surface area contributed by atoms with Gasteiger partial charge in [0.2, 0.25) is 0 Å². The van der Waals surface area contributed by atoms with Crippen LogP contribution in [-0.4, -0.2) is 34.3 Å². The highest BCUT2D eigenvalue weighted by Crippen LogP contribution is 2.25. The predicted molar refractivity (Wildman–Crippen MR) is 61.9 cm³/mol. The van der Waals surface area contributed by atoms with E-state index in [-0.39, 0.29) is 5.92 Å². The summed E-state index contributed by atoms with van der Waals surface area (Å²) < 4.78 is 7.13. The van der Waals surface area contributed by atoms with Crippen molar-refractivity contribution in [3.63, 3.8) is 0 Å². The zero-order valence-corrected chi connectivity index (χ0v) is 10.3. The summed E-state index contributed by atoms with van der Waals surface area (Å²) >= 11 is 0. The summed E-state index contributed by atoms with van der Waals surface area (Å²) in [5.41, 5.74) is 2.14. The quantitative estimate of drug-likeness (QED) is 0.842. The van der Waals surface area contributed by atoms with Crippen LogP contribution in [-0.2, 0) is 35.8 Å². The first-order valence-electron chi connectivity index (χ1n) is 5.88. The minimum atomic E-state index is -0.709. The number of aliphatic carboxylic acids is 1. The zero-order chi connectivity index (χ0) is 12.4. The number of hydrogen-bond acceptors (Lipinski definition) is 3. The summed E-state index contributed by atoms with van der Waals surface area (Å²) in [7, 11) is 3.67. The summed E-state index contributed by atoms with van der Waals surface area (Å²) in [6.45, 7) is 0.645. The molecule has 1 atom stereocenters. The molecule has 1 N–H and O–H groups in total. The van der Waals surface area contributed by atoms with Crippen molar-refractivity contribution in [2.45, 2.75) is 25.7 Å². The summed E-state index contributed by atoms with van der Waals surface area (Å²) in [6, 6.07) is 0. The highest BCUT2D eigenvalue weighted by molar-refractivity contribution is 5.70. The van der Waals surface area contributed by atoms with Gasteiger partial charge in [0.15, 0.2) is 0 Å². The molecule has 0 spiro atoms. The van der Waals surface area contributed by atoms with Gasteiger partial charge < -0.3 is 14.4 Å². The van der Waals surface area contributed by atoms with Gasteiger partial charge in [-0.2, -0.15) is 0 Å². The number of nitrogens with zero attached hydrogens (tertiary/aromatic N) is 2. The number of carboxylic acid groups (broad SMARTS) is 1. The van der Waals surface area contributed by atoms with Crippen molar-refractivity contribution in [1.82, 2.24) is 9.55 Å². The zero-order valence-electron chi connectivity index (χ0n) is 10.3. The molecule has 0 saturated carbocycles. The highest BCUT2D eigenvalue weighted by atomic mass is 16.5. The third kappa shape index (κ3) is 2.34. The molecular formula is C12H18N2O3. The third-order valence-electron chi connectivity index (χ3n) is 3.44. The third-order valence-corrected chi connectivity index (χ3v) is 3.44. The van der Waals surface area contributed by atoms with E-state index in [1.165, 1.54) is 5.69 Å². The van der Waals surface area contributed by atoms with Gasteiger partial charge in [-0.25, -0.2) is 4.98 Å². The highest BCUT2D eigenvalue weighted by Gasteiger charge is 2.28. The van der Waals surface area contributed by atoms with Crippen LogP contribution in [0.4, 0.5) is 0 Å². The first kappa shape index (κ1) is 12.1. The van der Waals surface area contributed by atoms with Gasteiger partial charge in [0, 0.05) is 32.7 Å². The van der Waals surface area contributed by atoms with Crippen molar-refractivity contribution < 1.29 is 14.6 Å². The Labute approximate surface area is 100 Å². The van der Waals surface area contributed by atoms with Crippen molar-refractivity contribution in [2.24, 2.45) is 13.0 Å². The molecule has 1 aromatic rings. The summed E-state index contributed by atoms with van der Waals surface area (Å²) in [5, 5.41) is 9.03. The molecular weight excluding hydrogens is 220 g/mol. The Morgan fingerprint density at radius 2 is 2.41 bits per heavy atom. The lowest BCUT2D eigenvalue weighted by molar-refractivity contribution is -0.142. The molecule has 2 rings (SSSR count). The molecule has 0 saturated heterocycles. The summed E-state index contributed by atoms with van der Waals surface area (Å²) in [6.07, 6.45) is 2.86. The van der Waals surface area contributed by atoms with Crippen LogP contribution >= 0.6 is 0 Å². The summed E-state index contributed by atoms with van der Waals surface area (Å²) in [4.78, 5) is 15.5. The normalized spacial score (nSPS) is 19.1. The van der Waals surface area contributed by atoms with Crippen molar-refractivity contribution in [3.05, 3.63) is 17.2 Å². The number of imidazole rings is 1. The van der Waals surface area contributed by atoms with E-state index in [1.807, 2.05) is 7.05 Å². The number of fused-ring (bicyclic) bond motifs is 1. The minimum absolute atomic E-state index is 0.271. The van der Waals surface area contributed by atoms with Crippen molar-refractivity contribution in [2.75, 3.05) is 13.7 Å². The smallest absolute Gasteiger partial charge is 0.306 e. The maximum atomic E-state index is 11.0. The SMILES string of the molecule is COCCc1nc2c(n1C)CCC(C(=O)O)C2. The number of carboxylic acids is 1. The van der Waals surface area contributed by atoms with Gasteiger partial charge >= 0.3 is 5.97 Å². The van der Waals surface area contributed by atoms with Gasteiger partial charge in [-0.15, -0.1) is 0 Å². The molecule has 0 aliphatic heterocycles. The molecule has 0 aromatic carbocycles. The van der Waals surface area contributed by atoms with Crippen LogP contribution < -0.4 is 0 Å². The lowest BCUT2D eigenvalue weighted by atomic mass is 9.90. The second kappa shape index (κ2) is 4.87. The van der Waals surface area contributed by atoms with Gasteiger partial charge in [-0.3, -0.25) is 4.79 Å². The fourth-order valence-corrected chi connectivity index (χ4v) is 2.39. The molecule has 0 fully saturated rings. The number of hydrogen-bond donors (Lipinski definition) is 1. The molecule has 1 aliphatic carbocycles. The van der Waals surface area contributed by atoms with Crippen LogP contribution in [0.3, 0.4) is 0 Å². The Morgan fingerprint density at radius 1 is 1.65 bits per heavy atom. The topological polar surface area (TPSA) is 64.4 Å². The Hall–Kier alpha value is -1.36. The Bertz CT molecular complexity index is 426. The molecule has 94 valence electrons. The monoisotopic (exact) mass is 238 g/mol. The van der Waals surface area contributed by atoms with Crippen LogP contribution in [0, 0.1) is 5.92 Å². The van der Waals surface area contributed by atoms with E-state index in [0.29, 0.717) is 19.4 Å². The van der Waals surface area contributed by atoms with E-state index < -0.39 is 5.97 Å². The van der Waals surface area contributed by atoms with Crippen LogP contribution in [0.15, 0.2) is 0 Å². The molecule has 5 heteroatoms. The van der Waals surface area contributed by atoms with E-state index >= 15 is 0 Å². The van der Waals surface area contributed by atoms with E-state index in [1.54, 1.807) is 7.11 Å². The lowest BCUT2D eigenvalue weighted by Gasteiger charge is -2.18. The number of rotatable bonds is 4. The van der Waals surface area contributed by atoms with E-state index in [9.17, 15) is 4.79 Å². The number of ether oxygens (including phenoxy) is 1. The average molecular weight is 238 g/mol. The molecule has 1 heterocycles. The maximum absolute atomic E-state index is 11.0. The molecule has 1 aromatic heterocycles. The molecule has 0 radical (unpaired) electrons. The van der Waals surface area contributed by atoms with Crippen molar-refractivity contribution >= 4 is 5.97 Å². The van der Waals surface area contributed by atoms with E-state index in [2.05, 4.69) is 9.55 Å². The molecule has 0 amide bonds. The van der Waals surface area contributed by atoms with E-state index in [4.69, 9.17) is 9.84 Å². The number of aromatic nitrogens is 2. The average Bonchev–Trinajstić information content (AvgIpc) is 2.63.